The van der Waals surface area contributed by atoms with Gasteiger partial charge in [0.25, 0.3) is 0 Å². The van der Waals surface area contributed by atoms with Crippen LogP contribution in [0.15, 0.2) is 30.6 Å². The smallest absolute Gasteiger partial charge is 0.244 e. The topological polar surface area (TPSA) is 65.8 Å². The summed E-state index contributed by atoms with van der Waals surface area (Å²) in [4.78, 5) is 14.6. The van der Waals surface area contributed by atoms with E-state index in [1.54, 1.807) is 18.0 Å². The van der Waals surface area contributed by atoms with Gasteiger partial charge in [0.2, 0.25) is 5.91 Å². The largest absolute Gasteiger partial charge is 0.493 e. The van der Waals surface area contributed by atoms with Crippen molar-refractivity contribution in [1.82, 2.24) is 14.7 Å². The molecule has 0 aliphatic carbocycles. The molecule has 0 N–H and O–H groups in total. The van der Waals surface area contributed by atoms with Crippen molar-refractivity contribution in [2.45, 2.75) is 45.4 Å². The molecule has 2 saturated heterocycles. The number of aromatic nitrogens is 2. The van der Waals surface area contributed by atoms with Crippen LogP contribution in [0.5, 0.6) is 11.5 Å². The summed E-state index contributed by atoms with van der Waals surface area (Å²) in [5.74, 6) is 1.87. The van der Waals surface area contributed by atoms with Crippen LogP contribution in [-0.4, -0.2) is 53.0 Å². The maximum Gasteiger partial charge on any atom is 0.244 e. The van der Waals surface area contributed by atoms with Gasteiger partial charge in [-0.25, -0.2) is 0 Å². The van der Waals surface area contributed by atoms with Crippen LogP contribution in [0.2, 0.25) is 0 Å². The normalized spacial score (nSPS) is 25.7. The first-order valence-electron chi connectivity index (χ1n) is 10.5. The maximum atomic E-state index is 12.7. The van der Waals surface area contributed by atoms with E-state index in [1.807, 2.05) is 30.2 Å². The molecule has 7 heteroatoms. The van der Waals surface area contributed by atoms with E-state index in [-0.39, 0.29) is 28.9 Å². The van der Waals surface area contributed by atoms with Crippen molar-refractivity contribution < 1.29 is 19.0 Å². The van der Waals surface area contributed by atoms with Gasteiger partial charge in [-0.05, 0) is 38.8 Å². The second-order valence-electron chi connectivity index (χ2n) is 9.59. The van der Waals surface area contributed by atoms with Crippen LogP contribution >= 0.6 is 0 Å². The molecular weight excluding hydrogens is 382 g/mol. The Morgan fingerprint density at radius 2 is 2.13 bits per heavy atom. The maximum absolute atomic E-state index is 12.7. The fraction of sp³-hybridized carbons (Fsp3) is 0.565. The molecule has 1 aromatic heterocycles. The Bertz CT molecular complexity index is 977. The Balaban J connectivity index is 1.30. The molecule has 3 aliphatic rings. The van der Waals surface area contributed by atoms with Gasteiger partial charge in [0.1, 0.15) is 12.1 Å². The number of benzene rings is 1. The average molecular weight is 412 g/mol. The Hall–Kier alpha value is -2.54. The van der Waals surface area contributed by atoms with E-state index >= 15 is 0 Å². The Morgan fingerprint density at radius 1 is 1.33 bits per heavy atom. The number of carbonyl (C=O) groups is 1. The summed E-state index contributed by atoms with van der Waals surface area (Å²) in [6.45, 7) is 8.65. The molecule has 0 radical (unpaired) electrons. The second kappa shape index (κ2) is 6.74. The van der Waals surface area contributed by atoms with E-state index < -0.39 is 0 Å². The number of nitrogens with zero attached hydrogens (tertiary/aromatic N) is 3. The van der Waals surface area contributed by atoms with Crippen LogP contribution in [0.1, 0.15) is 37.5 Å². The lowest BCUT2D eigenvalue weighted by Gasteiger charge is -2.58. The molecule has 30 heavy (non-hydrogen) atoms. The van der Waals surface area contributed by atoms with Crippen molar-refractivity contribution in [2.75, 3.05) is 26.8 Å². The van der Waals surface area contributed by atoms with Gasteiger partial charge in [0, 0.05) is 36.2 Å². The highest BCUT2D eigenvalue weighted by molar-refractivity contribution is 5.77. The number of methoxy groups -OCH3 is 1. The lowest BCUT2D eigenvalue weighted by atomic mass is 9.64. The molecule has 2 atom stereocenters. The molecule has 160 valence electrons. The van der Waals surface area contributed by atoms with Crippen LogP contribution in [0.25, 0.3) is 0 Å². The molecular formula is C23H29N3O4. The summed E-state index contributed by atoms with van der Waals surface area (Å²) in [6, 6.07) is 5.99. The fourth-order valence-corrected chi connectivity index (χ4v) is 5.25. The number of rotatable bonds is 3. The van der Waals surface area contributed by atoms with E-state index in [2.05, 4.69) is 25.0 Å². The molecule has 0 bridgehead atoms. The predicted molar refractivity (Wildman–Crippen MR) is 110 cm³/mol. The van der Waals surface area contributed by atoms with Gasteiger partial charge in [-0.15, -0.1) is 0 Å². The summed E-state index contributed by atoms with van der Waals surface area (Å²) in [6.07, 6.45) is 4.64. The number of hydrogen-bond acceptors (Lipinski definition) is 5. The molecule has 5 rings (SSSR count). The highest BCUT2D eigenvalue weighted by atomic mass is 16.5. The SMILES string of the molecule is COc1cccc2c1OC(C)(C)[C@H]1CC3(CO[C@H]21)CN(C(=O)Cn1cc(C)cn1)C3. The number of fused-ring (bicyclic) bond motifs is 3. The van der Waals surface area contributed by atoms with Gasteiger partial charge < -0.3 is 19.1 Å². The van der Waals surface area contributed by atoms with Gasteiger partial charge in [-0.1, -0.05) is 12.1 Å². The molecule has 3 aliphatic heterocycles. The molecule has 2 aromatic rings. The van der Waals surface area contributed by atoms with Crippen molar-refractivity contribution in [3.63, 3.8) is 0 Å². The third kappa shape index (κ3) is 3.07. The molecule has 1 spiro atoms. The van der Waals surface area contributed by atoms with Crippen LogP contribution in [0.4, 0.5) is 0 Å². The van der Waals surface area contributed by atoms with Crippen molar-refractivity contribution in [2.24, 2.45) is 11.3 Å². The van der Waals surface area contributed by atoms with Crippen molar-refractivity contribution in [3.8, 4) is 11.5 Å². The minimum absolute atomic E-state index is 0.00780. The van der Waals surface area contributed by atoms with Crippen molar-refractivity contribution >= 4 is 5.91 Å². The lowest BCUT2D eigenvalue weighted by Crippen LogP contribution is -2.65. The standard InChI is InChI=1S/C23H29N3O4/c1-15-9-24-26(10-15)11-19(27)25-12-23(13-25)8-17-20(29-14-23)16-6-5-7-18(28-4)21(16)30-22(17,2)3/h5-7,9-10,17,20H,8,11-14H2,1-4H3/t17-,20+/m0/s1. The zero-order chi connectivity index (χ0) is 21.1. The van der Waals surface area contributed by atoms with E-state index in [1.165, 1.54) is 0 Å². The minimum atomic E-state index is -0.378. The molecule has 1 aromatic carbocycles. The van der Waals surface area contributed by atoms with Gasteiger partial charge in [-0.2, -0.15) is 5.10 Å². The number of likely N-dealkylation sites (tertiary alicyclic amines) is 1. The van der Waals surface area contributed by atoms with Gasteiger partial charge in [0.05, 0.1) is 26.0 Å². The number of amides is 1. The first-order valence-corrected chi connectivity index (χ1v) is 10.5. The predicted octanol–water partition coefficient (Wildman–Crippen LogP) is 2.98. The second-order valence-corrected chi connectivity index (χ2v) is 9.59. The minimum Gasteiger partial charge on any atom is -0.493 e. The fourth-order valence-electron chi connectivity index (χ4n) is 5.25. The summed E-state index contributed by atoms with van der Waals surface area (Å²) in [5.41, 5.74) is 1.76. The molecule has 1 amide bonds. The lowest BCUT2D eigenvalue weighted by molar-refractivity contribution is -0.201. The van der Waals surface area contributed by atoms with Crippen LogP contribution < -0.4 is 9.47 Å². The Labute approximate surface area is 176 Å². The number of aryl methyl sites for hydroxylation is 1. The van der Waals surface area contributed by atoms with E-state index in [0.717, 1.165) is 42.1 Å². The summed E-state index contributed by atoms with van der Waals surface area (Å²) in [5, 5.41) is 4.23. The first kappa shape index (κ1) is 19.4. The monoisotopic (exact) mass is 411 g/mol. The van der Waals surface area contributed by atoms with Crippen LogP contribution in [0, 0.1) is 18.3 Å². The Morgan fingerprint density at radius 3 is 2.83 bits per heavy atom. The van der Waals surface area contributed by atoms with E-state index in [4.69, 9.17) is 14.2 Å². The van der Waals surface area contributed by atoms with Gasteiger partial charge >= 0.3 is 0 Å². The van der Waals surface area contributed by atoms with E-state index in [9.17, 15) is 4.79 Å². The molecule has 4 heterocycles. The molecule has 0 unspecified atom stereocenters. The van der Waals surface area contributed by atoms with Crippen LogP contribution in [-0.2, 0) is 16.1 Å². The Kier molecular flexibility index (Phi) is 4.36. The number of ether oxygens (including phenoxy) is 3. The van der Waals surface area contributed by atoms with E-state index in [0.29, 0.717) is 13.2 Å². The molecule has 7 nitrogen and oxygen atoms in total. The summed E-state index contributed by atoms with van der Waals surface area (Å²) < 4.78 is 20.1. The molecule has 0 saturated carbocycles. The number of carbonyl (C=O) groups excluding carboxylic acids is 1. The average Bonchev–Trinajstić information content (AvgIpc) is 3.09. The van der Waals surface area contributed by atoms with Crippen molar-refractivity contribution in [1.29, 1.82) is 0 Å². The van der Waals surface area contributed by atoms with Crippen molar-refractivity contribution in [3.05, 3.63) is 41.7 Å². The zero-order valence-corrected chi connectivity index (χ0v) is 18.1. The quantitative estimate of drug-likeness (QED) is 0.777. The third-order valence-electron chi connectivity index (χ3n) is 6.85. The third-order valence-corrected chi connectivity index (χ3v) is 6.85. The van der Waals surface area contributed by atoms with Crippen LogP contribution in [0.3, 0.4) is 0 Å². The summed E-state index contributed by atoms with van der Waals surface area (Å²) >= 11 is 0. The number of para-hydroxylation sites is 1. The molecule has 2 fully saturated rings. The zero-order valence-electron chi connectivity index (χ0n) is 18.1. The first-order chi connectivity index (χ1) is 14.3. The van der Waals surface area contributed by atoms with Gasteiger partial charge in [0.15, 0.2) is 11.5 Å². The summed E-state index contributed by atoms with van der Waals surface area (Å²) in [7, 11) is 1.67. The van der Waals surface area contributed by atoms with Gasteiger partial charge in [-0.3, -0.25) is 9.48 Å². The highest BCUT2D eigenvalue weighted by Gasteiger charge is 2.56. The number of hydrogen-bond donors (Lipinski definition) is 0. The highest BCUT2D eigenvalue weighted by Crippen LogP contribution is 2.56.